The van der Waals surface area contributed by atoms with Crippen LogP contribution in [0.5, 0.6) is 0 Å². The Bertz CT molecular complexity index is 753. The van der Waals surface area contributed by atoms with Gasteiger partial charge in [0, 0.05) is 28.3 Å². The molecule has 2 heterocycles. The van der Waals surface area contributed by atoms with Gasteiger partial charge in [0.15, 0.2) is 9.84 Å². The highest BCUT2D eigenvalue weighted by atomic mass is 35.5. The van der Waals surface area contributed by atoms with Gasteiger partial charge in [0.1, 0.15) is 5.82 Å². The molecule has 1 saturated heterocycles. The van der Waals surface area contributed by atoms with E-state index in [0.717, 1.165) is 10.7 Å². The summed E-state index contributed by atoms with van der Waals surface area (Å²) in [6, 6.07) is 4.59. The summed E-state index contributed by atoms with van der Waals surface area (Å²) in [4.78, 5) is 4.46. The molecule has 7 heteroatoms. The molecule has 0 radical (unpaired) electrons. The lowest BCUT2D eigenvalue weighted by Crippen LogP contribution is -2.04. The predicted octanol–water partition coefficient (Wildman–Crippen LogP) is 3.43. The fraction of sp³-hybridized carbons (Fsp3) is 0.357. The summed E-state index contributed by atoms with van der Waals surface area (Å²) in [5, 5.41) is 3.01. The lowest BCUT2D eigenvalue weighted by atomic mass is 10.1. The monoisotopic (exact) mass is 345 g/mol. The van der Waals surface area contributed by atoms with Crippen molar-refractivity contribution in [2.45, 2.75) is 18.8 Å². The summed E-state index contributed by atoms with van der Waals surface area (Å²) in [6.45, 7) is 0. The molecule has 1 aliphatic heterocycles. The van der Waals surface area contributed by atoms with Crippen molar-refractivity contribution >= 4 is 32.8 Å². The van der Waals surface area contributed by atoms with Crippen LogP contribution in [0.1, 0.15) is 28.6 Å². The smallest absolute Gasteiger partial charge is 0.151 e. The molecule has 1 fully saturated rings. The molecule has 2 aromatic rings. The first-order valence-corrected chi connectivity index (χ1v) is 9.60. The molecule has 0 spiro atoms. The Labute approximate surface area is 131 Å². The molecule has 3 nitrogen and oxygen atoms in total. The minimum Gasteiger partial charge on any atom is -0.246 e. The Morgan fingerprint density at radius 2 is 2.24 bits per heavy atom. The van der Waals surface area contributed by atoms with Crippen molar-refractivity contribution < 1.29 is 12.8 Å². The molecule has 112 valence electrons. The number of aromatic nitrogens is 1. The number of thiazole rings is 1. The van der Waals surface area contributed by atoms with Crippen molar-refractivity contribution in [2.24, 2.45) is 0 Å². The van der Waals surface area contributed by atoms with Crippen LogP contribution < -0.4 is 0 Å². The predicted molar refractivity (Wildman–Crippen MR) is 82.3 cm³/mol. The largest absolute Gasteiger partial charge is 0.246 e. The molecule has 1 atom stereocenters. The van der Waals surface area contributed by atoms with Crippen LogP contribution in [0, 0.1) is 5.82 Å². The lowest BCUT2D eigenvalue weighted by molar-refractivity contribution is 0.601. The van der Waals surface area contributed by atoms with E-state index in [1.54, 1.807) is 12.1 Å². The third kappa shape index (κ3) is 3.27. The van der Waals surface area contributed by atoms with Crippen LogP contribution in [0.25, 0.3) is 0 Å². The standard InChI is InChI=1S/C14H13ClFNO2S2/c15-11-2-1-3-12(16)10(11)6-14-17-13(7-20-14)9-4-5-21(18,19)8-9/h1-3,7,9H,4-6,8H2/t9-/m0/s1. The highest BCUT2D eigenvalue weighted by Crippen LogP contribution is 2.31. The van der Waals surface area contributed by atoms with Crippen LogP contribution in [0.3, 0.4) is 0 Å². The number of rotatable bonds is 3. The average Bonchev–Trinajstić information content (AvgIpc) is 3.00. The summed E-state index contributed by atoms with van der Waals surface area (Å²) >= 11 is 7.43. The zero-order chi connectivity index (χ0) is 15.0. The SMILES string of the molecule is O=S1(=O)CC[C@H](c2csc(Cc3c(F)cccc3Cl)n2)C1. The van der Waals surface area contributed by atoms with Gasteiger partial charge in [-0.2, -0.15) is 0 Å². The third-order valence-electron chi connectivity index (χ3n) is 3.61. The van der Waals surface area contributed by atoms with E-state index in [0.29, 0.717) is 23.4 Å². The van der Waals surface area contributed by atoms with Crippen LogP contribution in [0.15, 0.2) is 23.6 Å². The minimum atomic E-state index is -2.92. The molecule has 0 bridgehead atoms. The third-order valence-corrected chi connectivity index (χ3v) is 6.60. The van der Waals surface area contributed by atoms with E-state index in [4.69, 9.17) is 11.6 Å². The summed E-state index contributed by atoms with van der Waals surface area (Å²) in [5.41, 5.74) is 1.22. The van der Waals surface area contributed by atoms with Gasteiger partial charge >= 0.3 is 0 Å². The maximum atomic E-state index is 13.8. The number of hydrogen-bond donors (Lipinski definition) is 0. The van der Waals surface area contributed by atoms with Crippen LogP contribution in [-0.4, -0.2) is 24.9 Å². The van der Waals surface area contributed by atoms with Crippen molar-refractivity contribution in [1.82, 2.24) is 4.98 Å². The summed E-state index contributed by atoms with van der Waals surface area (Å²) in [6.07, 6.45) is 0.946. The molecule has 1 aliphatic rings. The summed E-state index contributed by atoms with van der Waals surface area (Å²) in [5.74, 6) is 0.0131. The zero-order valence-electron chi connectivity index (χ0n) is 11.1. The second-order valence-corrected chi connectivity index (χ2v) is 8.72. The van der Waals surface area contributed by atoms with Crippen molar-refractivity contribution in [1.29, 1.82) is 0 Å². The Morgan fingerprint density at radius 1 is 1.43 bits per heavy atom. The fourth-order valence-corrected chi connectivity index (χ4v) is 5.35. The maximum Gasteiger partial charge on any atom is 0.151 e. The van der Waals surface area contributed by atoms with Crippen LogP contribution in [0.4, 0.5) is 4.39 Å². The summed E-state index contributed by atoms with van der Waals surface area (Å²) < 4.78 is 36.8. The highest BCUT2D eigenvalue weighted by Gasteiger charge is 2.30. The zero-order valence-corrected chi connectivity index (χ0v) is 13.4. The van der Waals surface area contributed by atoms with Crippen molar-refractivity contribution in [3.8, 4) is 0 Å². The van der Waals surface area contributed by atoms with Gasteiger partial charge in [0.25, 0.3) is 0 Å². The molecule has 1 aromatic heterocycles. The molecule has 0 aliphatic carbocycles. The average molecular weight is 346 g/mol. The molecule has 0 saturated carbocycles. The minimum absolute atomic E-state index is 0.0314. The molecule has 21 heavy (non-hydrogen) atoms. The highest BCUT2D eigenvalue weighted by molar-refractivity contribution is 7.91. The van der Waals surface area contributed by atoms with Gasteiger partial charge in [-0.25, -0.2) is 17.8 Å². The Balaban J connectivity index is 1.80. The molecule has 1 aromatic carbocycles. The van der Waals surface area contributed by atoms with Crippen LogP contribution >= 0.6 is 22.9 Å². The fourth-order valence-electron chi connectivity index (χ4n) is 2.47. The van der Waals surface area contributed by atoms with Crippen LogP contribution in [-0.2, 0) is 16.3 Å². The number of halogens is 2. The molecular formula is C14H13ClFNO2S2. The summed E-state index contributed by atoms with van der Waals surface area (Å²) in [7, 11) is -2.92. The molecule has 3 rings (SSSR count). The first-order valence-electron chi connectivity index (χ1n) is 6.52. The molecule has 0 amide bonds. The van der Waals surface area contributed by atoms with E-state index >= 15 is 0 Å². The topological polar surface area (TPSA) is 47.0 Å². The number of nitrogens with zero attached hydrogens (tertiary/aromatic N) is 1. The normalized spacial score (nSPS) is 20.8. The lowest BCUT2D eigenvalue weighted by Gasteiger charge is -2.04. The molecule has 0 N–H and O–H groups in total. The van der Waals surface area contributed by atoms with E-state index < -0.39 is 9.84 Å². The van der Waals surface area contributed by atoms with Gasteiger partial charge in [-0.3, -0.25) is 0 Å². The molecular weight excluding hydrogens is 333 g/mol. The second kappa shape index (κ2) is 5.66. The van der Waals surface area contributed by atoms with Gasteiger partial charge < -0.3 is 0 Å². The number of benzene rings is 1. The van der Waals surface area contributed by atoms with E-state index in [-0.39, 0.29) is 23.2 Å². The van der Waals surface area contributed by atoms with E-state index in [1.165, 1.54) is 17.4 Å². The van der Waals surface area contributed by atoms with E-state index in [2.05, 4.69) is 4.98 Å². The van der Waals surface area contributed by atoms with E-state index in [9.17, 15) is 12.8 Å². The van der Waals surface area contributed by atoms with Gasteiger partial charge in [0.05, 0.1) is 22.2 Å². The Kier molecular flexibility index (Phi) is 4.03. The quantitative estimate of drug-likeness (QED) is 0.856. The Morgan fingerprint density at radius 3 is 2.90 bits per heavy atom. The van der Waals surface area contributed by atoms with Gasteiger partial charge in [-0.05, 0) is 18.6 Å². The molecule has 0 unspecified atom stereocenters. The second-order valence-electron chi connectivity index (χ2n) is 5.14. The first kappa shape index (κ1) is 14.9. The van der Waals surface area contributed by atoms with Gasteiger partial charge in [-0.1, -0.05) is 17.7 Å². The van der Waals surface area contributed by atoms with E-state index in [1.807, 2.05) is 5.38 Å². The van der Waals surface area contributed by atoms with Crippen molar-refractivity contribution in [3.63, 3.8) is 0 Å². The number of hydrogen-bond acceptors (Lipinski definition) is 4. The van der Waals surface area contributed by atoms with Gasteiger partial charge in [-0.15, -0.1) is 11.3 Å². The van der Waals surface area contributed by atoms with Gasteiger partial charge in [0.2, 0.25) is 0 Å². The Hall–Kier alpha value is -0.980. The van der Waals surface area contributed by atoms with Crippen molar-refractivity contribution in [3.05, 3.63) is 50.7 Å². The number of sulfone groups is 1. The van der Waals surface area contributed by atoms with Crippen molar-refractivity contribution in [2.75, 3.05) is 11.5 Å². The first-order chi connectivity index (χ1) is 9.94. The van der Waals surface area contributed by atoms with Crippen LogP contribution in [0.2, 0.25) is 5.02 Å². The maximum absolute atomic E-state index is 13.8.